The Morgan fingerprint density at radius 2 is 1.41 bits per heavy atom. The molecular formula is C20H30N2O7. The molecule has 162 valence electrons. The molecule has 0 unspecified atom stereocenters. The third-order valence-corrected chi connectivity index (χ3v) is 4.28. The van der Waals surface area contributed by atoms with E-state index < -0.39 is 5.60 Å². The number of benzene rings is 1. The summed E-state index contributed by atoms with van der Waals surface area (Å²) in [5.41, 5.74) is -0.543. The summed E-state index contributed by atoms with van der Waals surface area (Å²) in [5.74, 6) is 1.61. The molecular weight excluding hydrogens is 380 g/mol. The Labute approximate surface area is 171 Å². The van der Waals surface area contributed by atoms with Crippen LogP contribution in [0.3, 0.4) is 0 Å². The molecule has 1 aromatic carbocycles. The lowest BCUT2D eigenvalue weighted by Gasteiger charge is -2.35. The van der Waals surface area contributed by atoms with Crippen molar-refractivity contribution < 1.29 is 33.3 Å². The van der Waals surface area contributed by atoms with E-state index in [1.54, 1.807) is 21.9 Å². The van der Waals surface area contributed by atoms with Crippen molar-refractivity contribution in [1.29, 1.82) is 0 Å². The number of carbonyl (C=O) groups is 2. The van der Waals surface area contributed by atoms with Gasteiger partial charge in [-0.15, -0.1) is 0 Å². The number of rotatable bonds is 6. The van der Waals surface area contributed by atoms with Gasteiger partial charge in [0.25, 0.3) is 5.91 Å². The van der Waals surface area contributed by atoms with Crippen LogP contribution < -0.4 is 18.9 Å². The van der Waals surface area contributed by atoms with Gasteiger partial charge >= 0.3 is 6.09 Å². The van der Waals surface area contributed by atoms with Crippen molar-refractivity contribution in [2.75, 3.05) is 54.1 Å². The molecule has 0 saturated carbocycles. The number of nitrogens with zero attached hydrogens (tertiary/aromatic N) is 2. The monoisotopic (exact) mass is 410 g/mol. The van der Waals surface area contributed by atoms with Gasteiger partial charge in [0, 0.05) is 38.3 Å². The van der Waals surface area contributed by atoms with E-state index in [-0.39, 0.29) is 18.6 Å². The van der Waals surface area contributed by atoms with E-state index >= 15 is 0 Å². The minimum absolute atomic E-state index is 0.134. The van der Waals surface area contributed by atoms with Gasteiger partial charge in [0.1, 0.15) is 11.4 Å². The average Bonchev–Trinajstić information content (AvgIpc) is 2.69. The predicted molar refractivity (Wildman–Crippen MR) is 106 cm³/mol. The van der Waals surface area contributed by atoms with Crippen LogP contribution in [-0.4, -0.2) is 81.5 Å². The molecule has 0 aromatic heterocycles. The smallest absolute Gasteiger partial charge is 0.410 e. The highest BCUT2D eigenvalue weighted by Gasteiger charge is 2.28. The van der Waals surface area contributed by atoms with Gasteiger partial charge in [-0.25, -0.2) is 4.79 Å². The van der Waals surface area contributed by atoms with Gasteiger partial charge in [-0.1, -0.05) is 0 Å². The molecule has 0 spiro atoms. The highest BCUT2D eigenvalue weighted by Crippen LogP contribution is 2.40. The maximum atomic E-state index is 12.5. The fraction of sp³-hybridized carbons (Fsp3) is 0.600. The van der Waals surface area contributed by atoms with Crippen LogP contribution in [0.2, 0.25) is 0 Å². The molecule has 2 rings (SSSR count). The van der Waals surface area contributed by atoms with Crippen LogP contribution in [0.1, 0.15) is 20.8 Å². The van der Waals surface area contributed by atoms with Gasteiger partial charge in [0.15, 0.2) is 18.1 Å². The molecule has 1 aliphatic rings. The molecule has 1 aromatic rings. The van der Waals surface area contributed by atoms with E-state index in [1.165, 1.54) is 21.3 Å². The zero-order chi connectivity index (χ0) is 21.6. The van der Waals surface area contributed by atoms with Gasteiger partial charge < -0.3 is 33.5 Å². The quantitative estimate of drug-likeness (QED) is 0.710. The highest BCUT2D eigenvalue weighted by molar-refractivity contribution is 5.78. The molecule has 1 saturated heterocycles. The van der Waals surface area contributed by atoms with Crippen molar-refractivity contribution >= 4 is 12.0 Å². The Kier molecular flexibility index (Phi) is 7.41. The summed E-state index contributed by atoms with van der Waals surface area (Å²) in [7, 11) is 4.54. The Hall–Kier alpha value is -2.84. The summed E-state index contributed by atoms with van der Waals surface area (Å²) in [4.78, 5) is 27.9. The van der Waals surface area contributed by atoms with E-state index in [0.717, 1.165) is 0 Å². The summed E-state index contributed by atoms with van der Waals surface area (Å²) in [5, 5.41) is 0. The average molecular weight is 410 g/mol. The fourth-order valence-electron chi connectivity index (χ4n) is 2.84. The van der Waals surface area contributed by atoms with Crippen molar-refractivity contribution in [3.05, 3.63) is 12.1 Å². The molecule has 0 bridgehead atoms. The first-order chi connectivity index (χ1) is 13.7. The molecule has 1 fully saturated rings. The van der Waals surface area contributed by atoms with Crippen molar-refractivity contribution in [2.45, 2.75) is 26.4 Å². The highest BCUT2D eigenvalue weighted by atomic mass is 16.6. The number of amides is 2. The fourth-order valence-corrected chi connectivity index (χ4v) is 2.84. The molecule has 0 N–H and O–H groups in total. The lowest BCUT2D eigenvalue weighted by molar-refractivity contribution is -0.135. The number of hydrogen-bond donors (Lipinski definition) is 0. The maximum Gasteiger partial charge on any atom is 0.410 e. The SMILES string of the molecule is COc1cc(OCC(=O)N2CCN(C(=O)OC(C)(C)C)CC2)cc(OC)c1OC. The molecule has 0 aliphatic carbocycles. The number of hydrogen-bond acceptors (Lipinski definition) is 7. The summed E-state index contributed by atoms with van der Waals surface area (Å²) in [6.45, 7) is 7.04. The van der Waals surface area contributed by atoms with E-state index in [1.807, 2.05) is 20.8 Å². The first kappa shape index (κ1) is 22.4. The summed E-state index contributed by atoms with van der Waals surface area (Å²) in [6, 6.07) is 3.27. The molecule has 29 heavy (non-hydrogen) atoms. The zero-order valence-corrected chi connectivity index (χ0v) is 17.9. The second kappa shape index (κ2) is 9.58. The first-order valence-electron chi connectivity index (χ1n) is 9.37. The van der Waals surface area contributed by atoms with Crippen molar-refractivity contribution in [3.8, 4) is 23.0 Å². The van der Waals surface area contributed by atoms with E-state index in [2.05, 4.69) is 0 Å². The zero-order valence-electron chi connectivity index (χ0n) is 17.9. The number of carbonyl (C=O) groups excluding carboxylic acids is 2. The van der Waals surface area contributed by atoms with Crippen molar-refractivity contribution in [1.82, 2.24) is 9.80 Å². The molecule has 9 heteroatoms. The predicted octanol–water partition coefficient (Wildman–Crippen LogP) is 2.17. The molecule has 9 nitrogen and oxygen atoms in total. The van der Waals surface area contributed by atoms with Crippen molar-refractivity contribution in [3.63, 3.8) is 0 Å². The van der Waals surface area contributed by atoms with Crippen LogP contribution in [0.5, 0.6) is 23.0 Å². The Morgan fingerprint density at radius 3 is 1.86 bits per heavy atom. The Balaban J connectivity index is 1.90. The minimum atomic E-state index is -0.543. The lowest BCUT2D eigenvalue weighted by atomic mass is 10.2. The van der Waals surface area contributed by atoms with Crippen LogP contribution in [0.4, 0.5) is 4.79 Å². The normalized spacial score (nSPS) is 14.3. The standard InChI is InChI=1S/C20H30N2O7/c1-20(2,3)29-19(24)22-9-7-21(8-10-22)17(23)13-28-14-11-15(25-4)18(27-6)16(12-14)26-5/h11-12H,7-10,13H2,1-6H3. The minimum Gasteiger partial charge on any atom is -0.493 e. The van der Waals surface area contributed by atoms with E-state index in [9.17, 15) is 9.59 Å². The first-order valence-corrected chi connectivity index (χ1v) is 9.37. The number of ether oxygens (including phenoxy) is 5. The van der Waals surface area contributed by atoms with Crippen LogP contribution in [0.25, 0.3) is 0 Å². The third kappa shape index (κ3) is 6.07. The largest absolute Gasteiger partial charge is 0.493 e. The maximum absolute atomic E-state index is 12.5. The van der Waals surface area contributed by atoms with E-state index in [0.29, 0.717) is 49.2 Å². The number of piperazine rings is 1. The van der Waals surface area contributed by atoms with E-state index in [4.69, 9.17) is 23.7 Å². The molecule has 0 atom stereocenters. The van der Waals surface area contributed by atoms with Gasteiger partial charge in [0.05, 0.1) is 21.3 Å². The van der Waals surface area contributed by atoms with Crippen molar-refractivity contribution in [2.24, 2.45) is 0 Å². The van der Waals surface area contributed by atoms with Gasteiger partial charge in [-0.3, -0.25) is 4.79 Å². The van der Waals surface area contributed by atoms with Gasteiger partial charge in [-0.2, -0.15) is 0 Å². The van der Waals surface area contributed by atoms with Crippen LogP contribution >= 0.6 is 0 Å². The molecule has 0 radical (unpaired) electrons. The molecule has 1 aliphatic heterocycles. The van der Waals surface area contributed by atoms with Crippen LogP contribution in [0.15, 0.2) is 12.1 Å². The molecule has 1 heterocycles. The number of methoxy groups -OCH3 is 3. The topological polar surface area (TPSA) is 86.8 Å². The Bertz CT molecular complexity index is 697. The van der Waals surface area contributed by atoms with Crippen LogP contribution in [0, 0.1) is 0 Å². The second-order valence-corrected chi connectivity index (χ2v) is 7.50. The van der Waals surface area contributed by atoms with Crippen LogP contribution in [-0.2, 0) is 9.53 Å². The lowest BCUT2D eigenvalue weighted by Crippen LogP contribution is -2.52. The summed E-state index contributed by atoms with van der Waals surface area (Å²) < 4.78 is 26.8. The van der Waals surface area contributed by atoms with Gasteiger partial charge in [0.2, 0.25) is 5.75 Å². The second-order valence-electron chi connectivity index (χ2n) is 7.50. The summed E-state index contributed by atoms with van der Waals surface area (Å²) >= 11 is 0. The summed E-state index contributed by atoms with van der Waals surface area (Å²) in [6.07, 6.45) is -0.363. The Morgan fingerprint density at radius 1 is 0.897 bits per heavy atom. The van der Waals surface area contributed by atoms with Gasteiger partial charge in [-0.05, 0) is 20.8 Å². The molecule has 2 amide bonds. The third-order valence-electron chi connectivity index (χ3n) is 4.28.